The Labute approximate surface area is 146 Å². The van der Waals surface area contributed by atoms with Gasteiger partial charge in [-0.15, -0.1) is 0 Å². The predicted molar refractivity (Wildman–Crippen MR) is 96.3 cm³/mol. The third-order valence-corrected chi connectivity index (χ3v) is 3.99. The number of carbonyl (C=O) groups excluding carboxylic acids is 1. The molecule has 1 atom stereocenters. The van der Waals surface area contributed by atoms with Crippen molar-refractivity contribution in [2.75, 3.05) is 13.7 Å². The van der Waals surface area contributed by atoms with Crippen LogP contribution in [0.1, 0.15) is 36.0 Å². The van der Waals surface area contributed by atoms with E-state index in [0.717, 1.165) is 16.7 Å². The van der Waals surface area contributed by atoms with Gasteiger partial charge in [-0.25, -0.2) is 0 Å². The maximum Gasteiger partial charge on any atom is 0.287 e. The molecule has 25 heavy (non-hydrogen) atoms. The van der Waals surface area contributed by atoms with Gasteiger partial charge in [0.2, 0.25) is 0 Å². The van der Waals surface area contributed by atoms with Crippen molar-refractivity contribution in [3.8, 4) is 11.5 Å². The molecule has 130 valence electrons. The molecule has 0 unspecified atom stereocenters. The SMILES string of the molecule is CCOc1ccc([C@H](C)NC(=O)c2cc3cccc(OC)c3o2)cc1. The first kappa shape index (κ1) is 16.9. The molecular formula is C20H21NO4. The first-order valence-electron chi connectivity index (χ1n) is 8.22. The summed E-state index contributed by atoms with van der Waals surface area (Å²) in [4.78, 5) is 12.5. The number of methoxy groups -OCH3 is 1. The molecule has 1 aromatic heterocycles. The number of furan rings is 1. The monoisotopic (exact) mass is 339 g/mol. The maximum absolute atomic E-state index is 12.5. The molecule has 1 amide bonds. The van der Waals surface area contributed by atoms with Crippen molar-refractivity contribution in [3.05, 3.63) is 59.9 Å². The summed E-state index contributed by atoms with van der Waals surface area (Å²) in [7, 11) is 1.57. The van der Waals surface area contributed by atoms with Gasteiger partial charge in [-0.1, -0.05) is 24.3 Å². The Balaban J connectivity index is 1.75. The number of rotatable bonds is 6. The summed E-state index contributed by atoms with van der Waals surface area (Å²) in [6.07, 6.45) is 0. The van der Waals surface area contributed by atoms with Crippen LogP contribution in [-0.4, -0.2) is 19.6 Å². The molecule has 0 fully saturated rings. The molecule has 0 saturated carbocycles. The second-order valence-electron chi connectivity index (χ2n) is 5.69. The lowest BCUT2D eigenvalue weighted by Gasteiger charge is -2.14. The third-order valence-electron chi connectivity index (χ3n) is 3.99. The zero-order valence-electron chi connectivity index (χ0n) is 14.5. The third kappa shape index (κ3) is 3.60. The van der Waals surface area contributed by atoms with Crippen molar-refractivity contribution in [1.82, 2.24) is 5.32 Å². The first-order chi connectivity index (χ1) is 12.1. The normalized spacial score (nSPS) is 12.0. The van der Waals surface area contributed by atoms with Gasteiger partial charge >= 0.3 is 0 Å². The van der Waals surface area contributed by atoms with E-state index in [0.29, 0.717) is 17.9 Å². The van der Waals surface area contributed by atoms with Crippen LogP contribution in [0.25, 0.3) is 11.0 Å². The first-order valence-corrected chi connectivity index (χ1v) is 8.22. The predicted octanol–water partition coefficient (Wildman–Crippen LogP) is 4.33. The number of carbonyl (C=O) groups is 1. The fourth-order valence-corrected chi connectivity index (χ4v) is 2.68. The van der Waals surface area contributed by atoms with Crippen LogP contribution in [0.4, 0.5) is 0 Å². The number of para-hydroxylation sites is 1. The number of benzene rings is 2. The fourth-order valence-electron chi connectivity index (χ4n) is 2.68. The molecule has 0 spiro atoms. The Bertz CT molecular complexity index is 867. The van der Waals surface area contributed by atoms with Crippen LogP contribution in [-0.2, 0) is 0 Å². The maximum atomic E-state index is 12.5. The summed E-state index contributed by atoms with van der Waals surface area (Å²) in [5.74, 6) is 1.42. The molecule has 0 aliphatic carbocycles. The van der Waals surface area contributed by atoms with Crippen LogP contribution >= 0.6 is 0 Å². The second-order valence-corrected chi connectivity index (χ2v) is 5.69. The summed E-state index contributed by atoms with van der Waals surface area (Å²) >= 11 is 0. The van der Waals surface area contributed by atoms with Crippen molar-refractivity contribution in [3.63, 3.8) is 0 Å². The highest BCUT2D eigenvalue weighted by Gasteiger charge is 2.17. The van der Waals surface area contributed by atoms with Gasteiger partial charge in [-0.2, -0.15) is 0 Å². The van der Waals surface area contributed by atoms with Crippen molar-refractivity contribution in [1.29, 1.82) is 0 Å². The van der Waals surface area contributed by atoms with Gasteiger partial charge in [0.15, 0.2) is 17.1 Å². The van der Waals surface area contributed by atoms with E-state index in [1.807, 2.05) is 50.2 Å². The minimum atomic E-state index is -0.264. The van der Waals surface area contributed by atoms with E-state index in [1.165, 1.54) is 0 Å². The lowest BCUT2D eigenvalue weighted by atomic mass is 10.1. The quantitative estimate of drug-likeness (QED) is 0.726. The molecule has 5 heteroatoms. The zero-order chi connectivity index (χ0) is 17.8. The van der Waals surface area contributed by atoms with Gasteiger partial charge in [0.05, 0.1) is 19.8 Å². The van der Waals surface area contributed by atoms with Gasteiger partial charge in [-0.05, 0) is 43.7 Å². The molecule has 2 aromatic carbocycles. The summed E-state index contributed by atoms with van der Waals surface area (Å²) < 4.78 is 16.4. The Kier molecular flexibility index (Phi) is 4.93. The van der Waals surface area contributed by atoms with Crippen molar-refractivity contribution in [2.45, 2.75) is 19.9 Å². The number of hydrogen-bond acceptors (Lipinski definition) is 4. The molecule has 0 saturated heterocycles. The van der Waals surface area contributed by atoms with Gasteiger partial charge in [0.25, 0.3) is 5.91 Å². The molecule has 5 nitrogen and oxygen atoms in total. The molecule has 3 aromatic rings. The largest absolute Gasteiger partial charge is 0.494 e. The number of amides is 1. The topological polar surface area (TPSA) is 60.7 Å². The lowest BCUT2D eigenvalue weighted by molar-refractivity contribution is 0.0914. The highest BCUT2D eigenvalue weighted by molar-refractivity contribution is 5.97. The number of hydrogen-bond donors (Lipinski definition) is 1. The van der Waals surface area contributed by atoms with Crippen molar-refractivity contribution >= 4 is 16.9 Å². The Morgan fingerprint density at radius 1 is 1.20 bits per heavy atom. The lowest BCUT2D eigenvalue weighted by Crippen LogP contribution is -2.26. The van der Waals surface area contributed by atoms with Crippen LogP contribution in [0.5, 0.6) is 11.5 Å². The average Bonchev–Trinajstić information content (AvgIpc) is 3.07. The fraction of sp³-hybridized carbons (Fsp3) is 0.250. The summed E-state index contributed by atoms with van der Waals surface area (Å²) in [6.45, 7) is 4.50. The molecular weight excluding hydrogens is 318 g/mol. The van der Waals surface area contributed by atoms with E-state index in [1.54, 1.807) is 19.2 Å². The minimum absolute atomic E-state index is 0.154. The van der Waals surface area contributed by atoms with Crippen LogP contribution in [0, 0.1) is 0 Å². The summed E-state index contributed by atoms with van der Waals surface area (Å²) in [5.41, 5.74) is 1.56. The van der Waals surface area contributed by atoms with Gasteiger partial charge in [-0.3, -0.25) is 4.79 Å². The smallest absolute Gasteiger partial charge is 0.287 e. The Morgan fingerprint density at radius 3 is 2.64 bits per heavy atom. The average molecular weight is 339 g/mol. The standard InChI is InChI=1S/C20H21NO4/c1-4-24-16-10-8-14(9-11-16)13(2)21-20(22)18-12-15-6-5-7-17(23-3)19(15)25-18/h5-13H,4H2,1-3H3,(H,21,22)/t13-/m0/s1. The number of fused-ring (bicyclic) bond motifs is 1. The number of nitrogens with one attached hydrogen (secondary N) is 1. The highest BCUT2D eigenvalue weighted by Crippen LogP contribution is 2.28. The summed E-state index contributed by atoms with van der Waals surface area (Å²) in [5, 5.41) is 3.78. The minimum Gasteiger partial charge on any atom is -0.494 e. The van der Waals surface area contributed by atoms with E-state index in [9.17, 15) is 4.79 Å². The molecule has 0 aliphatic heterocycles. The molecule has 0 aliphatic rings. The van der Waals surface area contributed by atoms with Gasteiger partial charge in [0.1, 0.15) is 5.75 Å². The molecule has 0 radical (unpaired) electrons. The van der Waals surface area contributed by atoms with E-state index < -0.39 is 0 Å². The molecule has 0 bridgehead atoms. The van der Waals surface area contributed by atoms with Crippen LogP contribution < -0.4 is 14.8 Å². The Morgan fingerprint density at radius 2 is 1.96 bits per heavy atom. The van der Waals surface area contributed by atoms with E-state index in [4.69, 9.17) is 13.9 Å². The van der Waals surface area contributed by atoms with E-state index >= 15 is 0 Å². The highest BCUT2D eigenvalue weighted by atomic mass is 16.5. The molecule has 1 heterocycles. The van der Waals surface area contributed by atoms with Crippen LogP contribution in [0.3, 0.4) is 0 Å². The second kappa shape index (κ2) is 7.30. The van der Waals surface area contributed by atoms with Crippen molar-refractivity contribution < 1.29 is 18.7 Å². The summed E-state index contributed by atoms with van der Waals surface area (Å²) in [6, 6.07) is 14.8. The van der Waals surface area contributed by atoms with Crippen LogP contribution in [0.15, 0.2) is 52.9 Å². The molecule has 1 N–H and O–H groups in total. The Hall–Kier alpha value is -2.95. The zero-order valence-corrected chi connectivity index (χ0v) is 14.5. The van der Waals surface area contributed by atoms with E-state index in [-0.39, 0.29) is 17.7 Å². The van der Waals surface area contributed by atoms with Gasteiger partial charge < -0.3 is 19.2 Å². The van der Waals surface area contributed by atoms with E-state index in [2.05, 4.69) is 5.32 Å². The number of ether oxygens (including phenoxy) is 2. The van der Waals surface area contributed by atoms with Crippen LogP contribution in [0.2, 0.25) is 0 Å². The molecule has 3 rings (SSSR count). The van der Waals surface area contributed by atoms with Crippen molar-refractivity contribution in [2.24, 2.45) is 0 Å². The van der Waals surface area contributed by atoms with Gasteiger partial charge in [0, 0.05) is 5.39 Å².